The molecule has 1 atom stereocenters. The van der Waals surface area contributed by atoms with Gasteiger partial charge in [-0.05, 0) is 36.4 Å². The Morgan fingerprint density at radius 1 is 1.05 bits per heavy atom. The van der Waals surface area contributed by atoms with Crippen molar-refractivity contribution in [1.29, 1.82) is 0 Å². The second-order valence-electron chi connectivity index (χ2n) is 4.91. The van der Waals surface area contributed by atoms with E-state index in [9.17, 15) is 13.2 Å². The monoisotopic (exact) mass is 320 g/mol. The van der Waals surface area contributed by atoms with Crippen molar-refractivity contribution in [3.63, 3.8) is 0 Å². The third kappa shape index (κ3) is 4.08. The molecule has 0 fully saturated rings. The Balaban J connectivity index is 2.13. The summed E-state index contributed by atoms with van der Waals surface area (Å²) in [6, 6.07) is 15.1. The number of benzene rings is 2. The summed E-state index contributed by atoms with van der Waals surface area (Å²) in [6.07, 6.45) is 0. The first-order chi connectivity index (χ1) is 10.4. The zero-order valence-electron chi connectivity index (χ0n) is 12.0. The van der Waals surface area contributed by atoms with Crippen LogP contribution in [0.3, 0.4) is 0 Å². The van der Waals surface area contributed by atoms with Crippen LogP contribution in [-0.4, -0.2) is 25.2 Å². The number of rotatable bonds is 6. The molecule has 0 aromatic heterocycles. The van der Waals surface area contributed by atoms with E-state index in [-0.39, 0.29) is 4.90 Å². The van der Waals surface area contributed by atoms with Crippen molar-refractivity contribution < 1.29 is 23.1 Å². The first-order valence-electron chi connectivity index (χ1n) is 6.67. The van der Waals surface area contributed by atoms with Crippen molar-refractivity contribution in [2.24, 2.45) is 5.92 Å². The van der Waals surface area contributed by atoms with Crippen LogP contribution in [0.4, 0.5) is 0 Å². The standard InChI is InChI=1S/C16H16O5S/c1-12(16(17)18)11-22(19,20)15-9-7-14(8-10-15)21-13-5-3-2-4-6-13/h2-10,12H,11H2,1H3,(H,17,18). The minimum absolute atomic E-state index is 0.0843. The van der Waals surface area contributed by atoms with Gasteiger partial charge >= 0.3 is 5.97 Å². The molecule has 6 heteroatoms. The van der Waals surface area contributed by atoms with Gasteiger partial charge in [0, 0.05) is 0 Å². The van der Waals surface area contributed by atoms with E-state index in [4.69, 9.17) is 9.84 Å². The molecule has 0 heterocycles. The highest BCUT2D eigenvalue weighted by atomic mass is 32.2. The predicted octanol–water partition coefficient (Wildman–Crippen LogP) is 2.97. The zero-order valence-corrected chi connectivity index (χ0v) is 12.8. The normalized spacial score (nSPS) is 12.6. The molecule has 2 rings (SSSR count). The van der Waals surface area contributed by atoms with Gasteiger partial charge in [0.2, 0.25) is 0 Å². The molecule has 0 saturated carbocycles. The summed E-state index contributed by atoms with van der Waals surface area (Å²) in [6.45, 7) is 1.37. The molecule has 1 N–H and O–H groups in total. The van der Waals surface area contributed by atoms with Crippen molar-refractivity contribution in [2.75, 3.05) is 5.75 Å². The van der Waals surface area contributed by atoms with E-state index in [1.165, 1.54) is 19.1 Å². The third-order valence-corrected chi connectivity index (χ3v) is 4.98. The minimum Gasteiger partial charge on any atom is -0.481 e. The molecule has 0 amide bonds. The molecule has 1 unspecified atom stereocenters. The van der Waals surface area contributed by atoms with Crippen LogP contribution in [0.5, 0.6) is 11.5 Å². The van der Waals surface area contributed by atoms with E-state index >= 15 is 0 Å². The van der Waals surface area contributed by atoms with Crippen molar-refractivity contribution in [3.8, 4) is 11.5 Å². The van der Waals surface area contributed by atoms with Gasteiger partial charge in [0.05, 0.1) is 16.6 Å². The molecule has 0 spiro atoms. The molecule has 5 nitrogen and oxygen atoms in total. The van der Waals surface area contributed by atoms with Gasteiger partial charge in [0.15, 0.2) is 9.84 Å². The molecular weight excluding hydrogens is 304 g/mol. The SMILES string of the molecule is CC(CS(=O)(=O)c1ccc(Oc2ccccc2)cc1)C(=O)O. The summed E-state index contributed by atoms with van der Waals surface area (Å²) >= 11 is 0. The summed E-state index contributed by atoms with van der Waals surface area (Å²) in [7, 11) is -3.63. The topological polar surface area (TPSA) is 80.7 Å². The molecule has 0 radical (unpaired) electrons. The number of hydrogen-bond acceptors (Lipinski definition) is 4. The zero-order chi connectivity index (χ0) is 16.2. The van der Waals surface area contributed by atoms with Gasteiger partial charge in [-0.3, -0.25) is 4.79 Å². The largest absolute Gasteiger partial charge is 0.481 e. The summed E-state index contributed by atoms with van der Waals surface area (Å²) in [5.41, 5.74) is 0. The van der Waals surface area contributed by atoms with Gasteiger partial charge in [-0.25, -0.2) is 8.42 Å². The number of para-hydroxylation sites is 1. The van der Waals surface area contributed by atoms with Crippen LogP contribution in [0.1, 0.15) is 6.92 Å². The Kier molecular flexibility index (Phi) is 4.82. The molecule has 0 aliphatic carbocycles. The fourth-order valence-corrected chi connectivity index (χ4v) is 3.38. The van der Waals surface area contributed by atoms with E-state index in [1.54, 1.807) is 24.3 Å². The van der Waals surface area contributed by atoms with Gasteiger partial charge in [-0.2, -0.15) is 0 Å². The van der Waals surface area contributed by atoms with Gasteiger partial charge in [0.25, 0.3) is 0 Å². The molecule has 116 valence electrons. The molecule has 0 aliphatic rings. The molecular formula is C16H16O5S. The Morgan fingerprint density at radius 3 is 2.14 bits per heavy atom. The summed E-state index contributed by atoms with van der Waals surface area (Å²) in [5, 5.41) is 8.82. The van der Waals surface area contributed by atoms with Gasteiger partial charge < -0.3 is 9.84 Å². The van der Waals surface area contributed by atoms with Crippen molar-refractivity contribution in [1.82, 2.24) is 0 Å². The second-order valence-corrected chi connectivity index (χ2v) is 6.94. The van der Waals surface area contributed by atoms with E-state index in [2.05, 4.69) is 0 Å². The van der Waals surface area contributed by atoms with Crippen LogP contribution in [0.25, 0.3) is 0 Å². The van der Waals surface area contributed by atoms with Crippen LogP contribution in [-0.2, 0) is 14.6 Å². The maximum atomic E-state index is 12.1. The van der Waals surface area contributed by atoms with Gasteiger partial charge in [0.1, 0.15) is 11.5 Å². The molecule has 0 saturated heterocycles. The quantitative estimate of drug-likeness (QED) is 0.885. The average molecular weight is 320 g/mol. The number of hydrogen-bond donors (Lipinski definition) is 1. The molecule has 2 aromatic rings. The summed E-state index contributed by atoms with van der Waals surface area (Å²) in [4.78, 5) is 10.9. The lowest BCUT2D eigenvalue weighted by Gasteiger charge is -2.09. The van der Waals surface area contributed by atoms with Crippen LogP contribution in [0, 0.1) is 5.92 Å². The highest BCUT2D eigenvalue weighted by Crippen LogP contribution is 2.23. The van der Waals surface area contributed by atoms with E-state index in [0.29, 0.717) is 11.5 Å². The number of carbonyl (C=O) groups is 1. The average Bonchev–Trinajstić information content (AvgIpc) is 2.48. The number of aliphatic carboxylic acids is 1. The van der Waals surface area contributed by atoms with Crippen molar-refractivity contribution in [2.45, 2.75) is 11.8 Å². The smallest absolute Gasteiger partial charge is 0.307 e. The van der Waals surface area contributed by atoms with Crippen molar-refractivity contribution >= 4 is 15.8 Å². The number of carboxylic acid groups (broad SMARTS) is 1. The van der Waals surface area contributed by atoms with Crippen LogP contribution >= 0.6 is 0 Å². The highest BCUT2D eigenvalue weighted by Gasteiger charge is 2.22. The number of carboxylic acids is 1. The van der Waals surface area contributed by atoms with Crippen LogP contribution in [0.2, 0.25) is 0 Å². The predicted molar refractivity (Wildman–Crippen MR) is 81.8 cm³/mol. The maximum absolute atomic E-state index is 12.1. The number of sulfone groups is 1. The van der Waals surface area contributed by atoms with Crippen molar-refractivity contribution in [3.05, 3.63) is 54.6 Å². The Bertz CT molecular complexity index is 736. The second kappa shape index (κ2) is 6.62. The Hall–Kier alpha value is -2.34. The molecule has 0 aliphatic heterocycles. The van der Waals surface area contributed by atoms with Crippen LogP contribution in [0.15, 0.2) is 59.5 Å². The van der Waals surface area contributed by atoms with E-state index < -0.39 is 27.5 Å². The highest BCUT2D eigenvalue weighted by molar-refractivity contribution is 7.91. The van der Waals surface area contributed by atoms with E-state index in [0.717, 1.165) is 0 Å². The van der Waals surface area contributed by atoms with E-state index in [1.807, 2.05) is 18.2 Å². The minimum atomic E-state index is -3.63. The fraction of sp³-hybridized carbons (Fsp3) is 0.188. The third-order valence-electron chi connectivity index (χ3n) is 3.05. The van der Waals surface area contributed by atoms with Gasteiger partial charge in [-0.15, -0.1) is 0 Å². The molecule has 0 bridgehead atoms. The first kappa shape index (κ1) is 16.0. The molecule has 22 heavy (non-hydrogen) atoms. The Morgan fingerprint density at radius 2 is 1.59 bits per heavy atom. The summed E-state index contributed by atoms with van der Waals surface area (Å²) in [5.74, 6) is -1.35. The first-order valence-corrected chi connectivity index (χ1v) is 8.32. The van der Waals surface area contributed by atoms with Crippen LogP contribution < -0.4 is 4.74 Å². The maximum Gasteiger partial charge on any atom is 0.307 e. The fourth-order valence-electron chi connectivity index (χ4n) is 1.84. The molecule has 2 aromatic carbocycles. The Labute approximate surface area is 129 Å². The lowest BCUT2D eigenvalue weighted by molar-refractivity contribution is -0.140. The van der Waals surface area contributed by atoms with Gasteiger partial charge in [-0.1, -0.05) is 25.1 Å². The lowest BCUT2D eigenvalue weighted by Crippen LogP contribution is -2.21. The lowest BCUT2D eigenvalue weighted by atomic mass is 10.2. The summed E-state index contributed by atoms with van der Waals surface area (Å²) < 4.78 is 29.8. The number of ether oxygens (including phenoxy) is 1.